The first-order valence-corrected chi connectivity index (χ1v) is 7.04. The Morgan fingerprint density at radius 2 is 2.00 bits per heavy atom. The third kappa shape index (κ3) is 3.91. The van der Waals surface area contributed by atoms with Crippen molar-refractivity contribution in [1.29, 1.82) is 0 Å². The lowest BCUT2D eigenvalue weighted by Crippen LogP contribution is -2.14. The van der Waals surface area contributed by atoms with E-state index < -0.39 is 0 Å². The lowest BCUT2D eigenvalue weighted by molar-refractivity contribution is 0.102. The molecule has 0 fully saturated rings. The fourth-order valence-electron chi connectivity index (χ4n) is 1.98. The van der Waals surface area contributed by atoms with Crippen LogP contribution in [-0.2, 0) is 6.54 Å². The summed E-state index contributed by atoms with van der Waals surface area (Å²) < 4.78 is 4.91. The molecule has 1 amide bonds. The number of nitrogens with zero attached hydrogens (tertiary/aromatic N) is 3. The molecule has 0 bridgehead atoms. The summed E-state index contributed by atoms with van der Waals surface area (Å²) in [6, 6.07) is 8.98. The smallest absolute Gasteiger partial charge is 0.275 e. The van der Waals surface area contributed by atoms with E-state index in [0.717, 1.165) is 11.3 Å². The Hall–Kier alpha value is -3.22. The van der Waals surface area contributed by atoms with E-state index in [9.17, 15) is 4.79 Å². The number of hydrogen-bond acceptors (Lipinski definition) is 6. The molecule has 2 N–H and O–H groups in total. The maximum Gasteiger partial charge on any atom is 0.275 e. The molecule has 0 spiro atoms. The maximum atomic E-state index is 12.2. The van der Waals surface area contributed by atoms with E-state index >= 15 is 0 Å². The van der Waals surface area contributed by atoms with E-state index in [1.165, 1.54) is 0 Å². The second-order valence-electron chi connectivity index (χ2n) is 4.92. The average molecular weight is 309 g/mol. The summed E-state index contributed by atoms with van der Waals surface area (Å²) in [5.74, 6) is 0.649. The van der Waals surface area contributed by atoms with Crippen molar-refractivity contribution in [3.8, 4) is 0 Å². The van der Waals surface area contributed by atoms with Crippen molar-refractivity contribution < 1.29 is 9.32 Å². The zero-order valence-corrected chi connectivity index (χ0v) is 12.5. The first-order chi connectivity index (χ1) is 11.2. The van der Waals surface area contributed by atoms with E-state index in [4.69, 9.17) is 4.52 Å². The number of aryl methyl sites for hydroxylation is 1. The Morgan fingerprint density at radius 1 is 1.17 bits per heavy atom. The van der Waals surface area contributed by atoms with Crippen LogP contribution in [0.1, 0.15) is 21.8 Å². The molecule has 23 heavy (non-hydrogen) atoms. The summed E-state index contributed by atoms with van der Waals surface area (Å²) in [6.07, 6.45) is 5.06. The number of pyridine rings is 2. The van der Waals surface area contributed by atoms with Gasteiger partial charge in [-0.05, 0) is 36.8 Å². The average Bonchev–Trinajstić information content (AvgIpc) is 2.99. The van der Waals surface area contributed by atoms with E-state index in [2.05, 4.69) is 25.8 Å². The van der Waals surface area contributed by atoms with Gasteiger partial charge in [0.25, 0.3) is 5.91 Å². The van der Waals surface area contributed by atoms with Crippen LogP contribution < -0.4 is 10.6 Å². The Labute approximate surface area is 132 Å². The molecule has 0 atom stereocenters. The van der Waals surface area contributed by atoms with Crippen molar-refractivity contribution in [3.05, 3.63) is 65.9 Å². The van der Waals surface area contributed by atoms with Crippen LogP contribution in [0.3, 0.4) is 0 Å². The summed E-state index contributed by atoms with van der Waals surface area (Å²) in [5, 5.41) is 9.60. The quantitative estimate of drug-likeness (QED) is 0.752. The normalized spacial score (nSPS) is 10.3. The summed E-state index contributed by atoms with van der Waals surface area (Å²) >= 11 is 0. The van der Waals surface area contributed by atoms with Crippen molar-refractivity contribution in [2.24, 2.45) is 0 Å². The zero-order chi connectivity index (χ0) is 16.1. The van der Waals surface area contributed by atoms with Gasteiger partial charge in [0.05, 0.1) is 0 Å². The number of nitrogens with one attached hydrogen (secondary N) is 2. The molecule has 0 aliphatic heterocycles. The van der Waals surface area contributed by atoms with Crippen LogP contribution in [0.5, 0.6) is 0 Å². The number of carbonyl (C=O) groups excluding carboxylic acids is 1. The number of rotatable bonds is 5. The minimum atomic E-state index is -0.342. The molecule has 3 aromatic rings. The highest BCUT2D eigenvalue weighted by Gasteiger charge is 2.10. The predicted molar refractivity (Wildman–Crippen MR) is 85.0 cm³/mol. The first kappa shape index (κ1) is 14.7. The van der Waals surface area contributed by atoms with Crippen LogP contribution in [0.25, 0.3) is 0 Å². The Bertz CT molecular complexity index is 801. The zero-order valence-electron chi connectivity index (χ0n) is 12.5. The van der Waals surface area contributed by atoms with E-state index in [-0.39, 0.29) is 5.91 Å². The number of anilines is 2. The van der Waals surface area contributed by atoms with Gasteiger partial charge < -0.3 is 15.2 Å². The van der Waals surface area contributed by atoms with Crippen molar-refractivity contribution in [3.63, 3.8) is 0 Å². The van der Waals surface area contributed by atoms with Gasteiger partial charge in [0, 0.05) is 36.9 Å². The van der Waals surface area contributed by atoms with Gasteiger partial charge in [0.2, 0.25) is 0 Å². The summed E-state index contributed by atoms with van der Waals surface area (Å²) in [4.78, 5) is 20.2. The number of carbonyl (C=O) groups is 1. The molecule has 0 saturated carbocycles. The Kier molecular flexibility index (Phi) is 4.28. The number of hydrogen-bond donors (Lipinski definition) is 2. The van der Waals surface area contributed by atoms with Gasteiger partial charge in [-0.1, -0.05) is 5.16 Å². The van der Waals surface area contributed by atoms with E-state index in [1.807, 2.05) is 12.1 Å². The van der Waals surface area contributed by atoms with Crippen LogP contribution >= 0.6 is 0 Å². The molecule has 0 aliphatic carbocycles. The standard InChI is InChI=1S/C16H15N5O2/c1-11-8-15(21-23-11)20-16(22)14-9-13(4-7-18-14)19-10-12-2-5-17-6-3-12/h2-9H,10H2,1H3,(H,18,19)(H,20,21,22). The maximum absolute atomic E-state index is 12.2. The SMILES string of the molecule is Cc1cc(NC(=O)c2cc(NCc3ccncc3)ccn2)no1. The van der Waals surface area contributed by atoms with E-state index in [0.29, 0.717) is 23.8 Å². The van der Waals surface area contributed by atoms with Crippen LogP contribution in [0.15, 0.2) is 53.4 Å². The third-order valence-corrected chi connectivity index (χ3v) is 3.11. The van der Waals surface area contributed by atoms with Gasteiger partial charge in [0.15, 0.2) is 5.82 Å². The lowest BCUT2D eigenvalue weighted by Gasteiger charge is -2.07. The Balaban J connectivity index is 1.65. The van der Waals surface area contributed by atoms with Crippen molar-refractivity contribution >= 4 is 17.4 Å². The van der Waals surface area contributed by atoms with Crippen LogP contribution in [0.4, 0.5) is 11.5 Å². The van der Waals surface area contributed by atoms with Crippen LogP contribution in [0, 0.1) is 6.92 Å². The first-order valence-electron chi connectivity index (χ1n) is 7.04. The van der Waals surface area contributed by atoms with Gasteiger partial charge in [-0.3, -0.25) is 14.8 Å². The van der Waals surface area contributed by atoms with Gasteiger partial charge in [-0.25, -0.2) is 0 Å². The Morgan fingerprint density at radius 3 is 2.74 bits per heavy atom. The molecular weight excluding hydrogens is 294 g/mol. The molecule has 0 aliphatic rings. The molecule has 3 rings (SSSR count). The molecule has 7 nitrogen and oxygen atoms in total. The summed E-state index contributed by atoms with van der Waals surface area (Å²) in [6.45, 7) is 2.39. The largest absolute Gasteiger partial charge is 0.381 e. The molecule has 0 saturated heterocycles. The summed E-state index contributed by atoms with van der Waals surface area (Å²) in [7, 11) is 0. The number of aromatic nitrogens is 3. The number of amides is 1. The van der Waals surface area contributed by atoms with E-state index in [1.54, 1.807) is 43.7 Å². The van der Waals surface area contributed by atoms with Gasteiger partial charge in [0.1, 0.15) is 11.5 Å². The molecule has 0 unspecified atom stereocenters. The fraction of sp³-hybridized carbons (Fsp3) is 0.125. The highest BCUT2D eigenvalue weighted by atomic mass is 16.5. The molecule has 0 radical (unpaired) electrons. The van der Waals surface area contributed by atoms with Crippen molar-refractivity contribution in [1.82, 2.24) is 15.1 Å². The fourth-order valence-corrected chi connectivity index (χ4v) is 1.98. The van der Waals surface area contributed by atoms with Crippen molar-refractivity contribution in [2.75, 3.05) is 10.6 Å². The van der Waals surface area contributed by atoms with Gasteiger partial charge in [-0.15, -0.1) is 0 Å². The molecule has 3 aromatic heterocycles. The minimum Gasteiger partial charge on any atom is -0.381 e. The molecule has 0 aromatic carbocycles. The second kappa shape index (κ2) is 6.69. The minimum absolute atomic E-state index is 0.297. The van der Waals surface area contributed by atoms with Crippen molar-refractivity contribution in [2.45, 2.75) is 13.5 Å². The molecular formula is C16H15N5O2. The van der Waals surface area contributed by atoms with Gasteiger partial charge in [-0.2, -0.15) is 0 Å². The molecule has 7 heteroatoms. The third-order valence-electron chi connectivity index (χ3n) is 3.11. The lowest BCUT2D eigenvalue weighted by atomic mass is 10.2. The summed E-state index contributed by atoms with van der Waals surface area (Å²) in [5.41, 5.74) is 2.20. The predicted octanol–water partition coefficient (Wildman–Crippen LogP) is 2.64. The van der Waals surface area contributed by atoms with Gasteiger partial charge >= 0.3 is 0 Å². The second-order valence-corrected chi connectivity index (χ2v) is 4.92. The highest BCUT2D eigenvalue weighted by Crippen LogP contribution is 2.12. The monoisotopic (exact) mass is 309 g/mol. The highest BCUT2D eigenvalue weighted by molar-refractivity contribution is 6.02. The van der Waals surface area contributed by atoms with Crippen LogP contribution in [-0.4, -0.2) is 21.0 Å². The van der Waals surface area contributed by atoms with Crippen LogP contribution in [0.2, 0.25) is 0 Å². The molecule has 3 heterocycles. The topological polar surface area (TPSA) is 92.9 Å². The molecule has 116 valence electrons.